The number of nitrogens with zero attached hydrogens (tertiary/aromatic N) is 2. The summed E-state index contributed by atoms with van der Waals surface area (Å²) >= 11 is 0. The minimum atomic E-state index is 0.659. The lowest BCUT2D eigenvalue weighted by Gasteiger charge is -2.37. The molecule has 0 aromatic heterocycles. The lowest BCUT2D eigenvalue weighted by molar-refractivity contribution is 0.128. The van der Waals surface area contributed by atoms with Crippen LogP contribution < -0.4 is 0 Å². The molecule has 0 bridgehead atoms. The highest BCUT2D eigenvalue weighted by Gasteiger charge is 2.23. The van der Waals surface area contributed by atoms with Gasteiger partial charge in [-0.1, -0.05) is 13.0 Å². The van der Waals surface area contributed by atoms with Crippen molar-refractivity contribution in [1.82, 2.24) is 4.90 Å². The van der Waals surface area contributed by atoms with Crippen LogP contribution in [-0.4, -0.2) is 24.0 Å². The molecule has 1 aliphatic rings. The summed E-state index contributed by atoms with van der Waals surface area (Å²) in [4.78, 5) is 2.47. The highest BCUT2D eigenvalue weighted by Crippen LogP contribution is 2.22. The smallest absolute Gasteiger partial charge is 0.0941 e. The average Bonchev–Trinajstić information content (AvgIpc) is 2.20. The summed E-state index contributed by atoms with van der Waals surface area (Å²) in [6.45, 7) is 8.60. The second kappa shape index (κ2) is 5.17. The number of allylic oxidation sites excluding steroid dienone is 1. The van der Waals surface area contributed by atoms with Crippen LogP contribution in [0, 0.1) is 17.2 Å². The quantitative estimate of drug-likeness (QED) is 0.629. The van der Waals surface area contributed by atoms with Crippen LogP contribution in [0.15, 0.2) is 11.6 Å². The first kappa shape index (κ1) is 11.3. The molecular formula is C12H20N2. The fourth-order valence-corrected chi connectivity index (χ4v) is 1.98. The van der Waals surface area contributed by atoms with Gasteiger partial charge in [0.25, 0.3) is 0 Å². The van der Waals surface area contributed by atoms with Crippen molar-refractivity contribution >= 4 is 0 Å². The second-order valence-corrected chi connectivity index (χ2v) is 4.35. The summed E-state index contributed by atoms with van der Waals surface area (Å²) in [6.07, 6.45) is 4.68. The zero-order chi connectivity index (χ0) is 10.6. The van der Waals surface area contributed by atoms with Crippen molar-refractivity contribution in [3.05, 3.63) is 11.6 Å². The van der Waals surface area contributed by atoms with Crippen molar-refractivity contribution in [1.29, 1.82) is 5.26 Å². The summed E-state index contributed by atoms with van der Waals surface area (Å²) in [7, 11) is 0. The molecule has 78 valence electrons. The molecule has 1 rings (SSSR count). The minimum absolute atomic E-state index is 0.659. The average molecular weight is 192 g/mol. The van der Waals surface area contributed by atoms with E-state index in [2.05, 4.69) is 24.8 Å². The van der Waals surface area contributed by atoms with Gasteiger partial charge < -0.3 is 0 Å². The molecule has 1 aliphatic heterocycles. The van der Waals surface area contributed by atoms with Gasteiger partial charge in [-0.3, -0.25) is 4.90 Å². The van der Waals surface area contributed by atoms with Gasteiger partial charge in [0, 0.05) is 18.2 Å². The van der Waals surface area contributed by atoms with Crippen LogP contribution in [0.4, 0.5) is 0 Å². The van der Waals surface area contributed by atoms with E-state index >= 15 is 0 Å². The number of likely N-dealkylation sites (tertiary alicyclic amines) is 1. The largest absolute Gasteiger partial charge is 0.297 e. The van der Waals surface area contributed by atoms with Crippen LogP contribution in [0.25, 0.3) is 0 Å². The Balaban J connectivity index is 2.48. The minimum Gasteiger partial charge on any atom is -0.297 e. The third-order valence-corrected chi connectivity index (χ3v) is 3.31. The first-order valence-corrected chi connectivity index (χ1v) is 5.46. The van der Waals surface area contributed by atoms with E-state index in [0.29, 0.717) is 6.04 Å². The molecule has 1 saturated heterocycles. The first-order valence-electron chi connectivity index (χ1n) is 5.46. The summed E-state index contributed by atoms with van der Waals surface area (Å²) in [5.74, 6) is 0.791. The van der Waals surface area contributed by atoms with Gasteiger partial charge in [0.15, 0.2) is 0 Å². The number of piperidine rings is 1. The van der Waals surface area contributed by atoms with Crippen LogP contribution in [-0.2, 0) is 0 Å². The number of rotatable bonds is 2. The number of nitriles is 1. The van der Waals surface area contributed by atoms with Gasteiger partial charge in [-0.15, -0.1) is 0 Å². The zero-order valence-corrected chi connectivity index (χ0v) is 9.45. The van der Waals surface area contributed by atoms with E-state index in [4.69, 9.17) is 5.26 Å². The highest BCUT2D eigenvalue weighted by atomic mass is 15.2. The third kappa shape index (κ3) is 2.85. The van der Waals surface area contributed by atoms with Gasteiger partial charge in [-0.05, 0) is 39.2 Å². The van der Waals surface area contributed by atoms with E-state index in [1.165, 1.54) is 19.4 Å². The highest BCUT2D eigenvalue weighted by molar-refractivity contribution is 5.17. The van der Waals surface area contributed by atoms with Gasteiger partial charge >= 0.3 is 0 Å². The number of hydrogen-bond acceptors (Lipinski definition) is 2. The maximum atomic E-state index is 8.65. The van der Waals surface area contributed by atoms with Crippen molar-refractivity contribution in [3.8, 4) is 6.07 Å². The molecule has 0 radical (unpaired) electrons. The van der Waals surface area contributed by atoms with Gasteiger partial charge in [0.05, 0.1) is 6.07 Å². The Morgan fingerprint density at radius 2 is 2.29 bits per heavy atom. The van der Waals surface area contributed by atoms with Crippen LogP contribution in [0.1, 0.15) is 33.6 Å². The van der Waals surface area contributed by atoms with Crippen LogP contribution in [0.5, 0.6) is 0 Å². The maximum Gasteiger partial charge on any atom is 0.0941 e. The van der Waals surface area contributed by atoms with Crippen molar-refractivity contribution < 1.29 is 0 Å². The Labute approximate surface area is 87.2 Å². The summed E-state index contributed by atoms with van der Waals surface area (Å²) < 4.78 is 0. The van der Waals surface area contributed by atoms with Crippen molar-refractivity contribution in [2.75, 3.05) is 13.1 Å². The standard InChI is InChI=1S/C12H20N2/c1-10(9-13)6-8-14-7-4-5-11(2)12(14)3/h6,11-12H,4-5,7-8H2,1-3H3/b10-6-. The van der Waals surface area contributed by atoms with Crippen LogP contribution >= 0.6 is 0 Å². The van der Waals surface area contributed by atoms with Gasteiger partial charge in [0.1, 0.15) is 0 Å². The maximum absolute atomic E-state index is 8.65. The molecule has 0 amide bonds. The second-order valence-electron chi connectivity index (χ2n) is 4.35. The van der Waals surface area contributed by atoms with Crippen molar-refractivity contribution in [3.63, 3.8) is 0 Å². The summed E-state index contributed by atoms with van der Waals surface area (Å²) in [5, 5.41) is 8.65. The fraction of sp³-hybridized carbons (Fsp3) is 0.750. The van der Waals surface area contributed by atoms with Crippen LogP contribution in [0.3, 0.4) is 0 Å². The molecule has 0 N–H and O–H groups in total. The molecule has 0 saturated carbocycles. The van der Waals surface area contributed by atoms with E-state index < -0.39 is 0 Å². The normalized spacial score (nSPS) is 30.0. The Morgan fingerprint density at radius 1 is 1.57 bits per heavy atom. The van der Waals surface area contributed by atoms with Gasteiger partial charge in [-0.2, -0.15) is 5.26 Å². The van der Waals surface area contributed by atoms with Crippen LogP contribution in [0.2, 0.25) is 0 Å². The molecule has 1 fully saturated rings. The molecular weight excluding hydrogens is 172 g/mol. The molecule has 2 unspecified atom stereocenters. The predicted octanol–water partition coefficient (Wildman–Crippen LogP) is 2.58. The first-order chi connectivity index (χ1) is 6.65. The van der Waals surface area contributed by atoms with Crippen molar-refractivity contribution in [2.45, 2.75) is 39.7 Å². The van der Waals surface area contributed by atoms with Gasteiger partial charge in [0.2, 0.25) is 0 Å². The number of hydrogen-bond donors (Lipinski definition) is 0. The van der Waals surface area contributed by atoms with E-state index in [1.54, 1.807) is 0 Å². The third-order valence-electron chi connectivity index (χ3n) is 3.31. The SMILES string of the molecule is C/C(C#N)=C/CN1CCCC(C)C1C. The molecule has 0 aliphatic carbocycles. The van der Waals surface area contributed by atoms with E-state index in [0.717, 1.165) is 18.0 Å². The Bertz CT molecular complexity index is 250. The summed E-state index contributed by atoms with van der Waals surface area (Å²) in [5.41, 5.74) is 0.829. The lowest BCUT2D eigenvalue weighted by atomic mass is 9.92. The lowest BCUT2D eigenvalue weighted by Crippen LogP contribution is -2.42. The van der Waals surface area contributed by atoms with Gasteiger partial charge in [-0.25, -0.2) is 0 Å². The molecule has 0 aromatic carbocycles. The Hall–Kier alpha value is -0.810. The fourth-order valence-electron chi connectivity index (χ4n) is 1.98. The molecule has 0 aromatic rings. The molecule has 2 atom stereocenters. The monoisotopic (exact) mass is 192 g/mol. The van der Waals surface area contributed by atoms with E-state index in [1.807, 2.05) is 13.0 Å². The van der Waals surface area contributed by atoms with E-state index in [9.17, 15) is 0 Å². The zero-order valence-electron chi connectivity index (χ0n) is 9.45. The molecule has 2 nitrogen and oxygen atoms in total. The Morgan fingerprint density at radius 3 is 2.93 bits per heavy atom. The molecule has 1 heterocycles. The van der Waals surface area contributed by atoms with Crippen molar-refractivity contribution in [2.24, 2.45) is 5.92 Å². The summed E-state index contributed by atoms with van der Waals surface area (Å²) in [6, 6.07) is 2.82. The topological polar surface area (TPSA) is 27.0 Å². The van der Waals surface area contributed by atoms with E-state index in [-0.39, 0.29) is 0 Å². The predicted molar refractivity (Wildman–Crippen MR) is 58.8 cm³/mol. The molecule has 14 heavy (non-hydrogen) atoms. The molecule has 0 spiro atoms. The molecule has 2 heteroatoms. The Kier molecular flexibility index (Phi) is 4.16.